The number of carboxylic acids is 1. The first-order valence-corrected chi connectivity index (χ1v) is 11.2. The number of phenolic OH excluding ortho intramolecular Hbond substituents is 1. The summed E-state index contributed by atoms with van der Waals surface area (Å²) >= 11 is 7.09. The molecular weight excluding hydrogens is 452 g/mol. The highest BCUT2D eigenvalue weighted by Crippen LogP contribution is 2.39. The van der Waals surface area contributed by atoms with Gasteiger partial charge in [-0.25, -0.2) is 18.0 Å². The van der Waals surface area contributed by atoms with Gasteiger partial charge in [0.15, 0.2) is 9.84 Å². The summed E-state index contributed by atoms with van der Waals surface area (Å²) < 4.78 is 30.4. The Morgan fingerprint density at radius 2 is 1.87 bits per heavy atom. The zero-order valence-corrected chi connectivity index (χ0v) is 17.8. The summed E-state index contributed by atoms with van der Waals surface area (Å²) in [5.74, 6) is -2.65. The van der Waals surface area contributed by atoms with Crippen LogP contribution in [0.3, 0.4) is 0 Å². The molecule has 10 heteroatoms. The van der Waals surface area contributed by atoms with Gasteiger partial charge >= 0.3 is 11.9 Å². The normalized spacial score (nSPS) is 11.3. The van der Waals surface area contributed by atoms with Crippen LogP contribution in [-0.4, -0.2) is 37.7 Å². The van der Waals surface area contributed by atoms with Crippen LogP contribution in [0.4, 0.5) is 0 Å². The number of rotatable bonds is 6. The molecule has 2 aromatic carbocycles. The molecule has 0 atom stereocenters. The first-order chi connectivity index (χ1) is 14.1. The van der Waals surface area contributed by atoms with Crippen LogP contribution in [0.25, 0.3) is 11.1 Å². The predicted molar refractivity (Wildman–Crippen MR) is 112 cm³/mol. The molecule has 3 aromatic rings. The highest BCUT2D eigenvalue weighted by atomic mass is 35.5. The van der Waals surface area contributed by atoms with E-state index in [1.54, 1.807) is 12.1 Å². The Morgan fingerprint density at radius 1 is 1.13 bits per heavy atom. The Labute approximate surface area is 181 Å². The maximum absolute atomic E-state index is 12.8. The number of aromatic carboxylic acids is 1. The number of hydrogen-bond acceptors (Lipinski definition) is 7. The van der Waals surface area contributed by atoms with Crippen molar-refractivity contribution in [2.24, 2.45) is 0 Å². The number of thiophene rings is 1. The number of methoxy groups -OCH3 is 1. The fraction of sp³-hybridized carbons (Fsp3) is 0.100. The van der Waals surface area contributed by atoms with Crippen LogP contribution in [-0.2, 0) is 20.3 Å². The second kappa shape index (κ2) is 8.47. The van der Waals surface area contributed by atoms with E-state index in [1.165, 1.54) is 43.5 Å². The van der Waals surface area contributed by atoms with Crippen LogP contribution in [0.2, 0.25) is 4.34 Å². The van der Waals surface area contributed by atoms with E-state index in [0.29, 0.717) is 11.1 Å². The lowest BCUT2D eigenvalue weighted by atomic mass is 10.1. The maximum atomic E-state index is 12.8. The van der Waals surface area contributed by atoms with E-state index in [9.17, 15) is 23.1 Å². The minimum Gasteiger partial charge on any atom is -0.507 e. The summed E-state index contributed by atoms with van der Waals surface area (Å²) in [7, 11) is -2.64. The third-order valence-electron chi connectivity index (χ3n) is 4.22. The molecule has 0 saturated heterocycles. The number of hydrogen-bond donors (Lipinski definition) is 2. The van der Waals surface area contributed by atoms with Crippen molar-refractivity contribution in [1.82, 2.24) is 0 Å². The molecule has 156 valence electrons. The van der Waals surface area contributed by atoms with Gasteiger partial charge < -0.3 is 14.9 Å². The monoisotopic (exact) mass is 466 g/mol. The van der Waals surface area contributed by atoms with Gasteiger partial charge in [-0.05, 0) is 41.5 Å². The molecule has 30 heavy (non-hydrogen) atoms. The molecule has 1 heterocycles. The Morgan fingerprint density at radius 3 is 2.50 bits per heavy atom. The summed E-state index contributed by atoms with van der Waals surface area (Å²) in [5.41, 5.74) is 1.16. The number of benzene rings is 2. The number of phenols is 1. The van der Waals surface area contributed by atoms with Crippen LogP contribution in [0.1, 0.15) is 26.3 Å². The second-order valence-electron chi connectivity index (χ2n) is 6.24. The summed E-state index contributed by atoms with van der Waals surface area (Å²) in [6.45, 7) is 0. The number of carbonyl (C=O) groups excluding carboxylic acids is 1. The lowest BCUT2D eigenvalue weighted by Crippen LogP contribution is -2.05. The summed E-state index contributed by atoms with van der Waals surface area (Å²) in [5, 5.41) is 19.1. The lowest BCUT2D eigenvalue weighted by Gasteiger charge is -2.06. The zero-order chi connectivity index (χ0) is 22.1. The predicted octanol–water partition coefficient (Wildman–Crippen LogP) is 4.23. The minimum atomic E-state index is -3.81. The first kappa shape index (κ1) is 21.8. The molecule has 2 N–H and O–H groups in total. The van der Waals surface area contributed by atoms with Gasteiger partial charge in [-0.15, -0.1) is 11.3 Å². The minimum absolute atomic E-state index is 0.000220. The molecule has 3 rings (SSSR count). The largest absolute Gasteiger partial charge is 0.507 e. The molecule has 1 aromatic heterocycles. The molecule has 0 aliphatic rings. The number of halogens is 1. The van der Waals surface area contributed by atoms with Crippen LogP contribution in [0.5, 0.6) is 5.75 Å². The lowest BCUT2D eigenvalue weighted by molar-refractivity contribution is 0.0596. The van der Waals surface area contributed by atoms with Crippen molar-refractivity contribution in [3.05, 3.63) is 69.6 Å². The highest BCUT2D eigenvalue weighted by molar-refractivity contribution is 7.92. The quantitative estimate of drug-likeness (QED) is 0.522. The van der Waals surface area contributed by atoms with Crippen LogP contribution in [0.15, 0.2) is 52.7 Å². The Bertz CT molecular complexity index is 1250. The van der Waals surface area contributed by atoms with Gasteiger partial charge in [0.2, 0.25) is 0 Å². The highest BCUT2D eigenvalue weighted by Gasteiger charge is 2.23. The van der Waals surface area contributed by atoms with Gasteiger partial charge in [0.25, 0.3) is 0 Å². The van der Waals surface area contributed by atoms with Crippen molar-refractivity contribution >= 4 is 44.7 Å². The number of carbonyl (C=O) groups is 2. The molecule has 0 fully saturated rings. The van der Waals surface area contributed by atoms with Gasteiger partial charge in [0.05, 0.1) is 18.4 Å². The zero-order valence-electron chi connectivity index (χ0n) is 15.5. The van der Waals surface area contributed by atoms with Gasteiger partial charge in [0.1, 0.15) is 19.9 Å². The maximum Gasteiger partial charge on any atom is 0.341 e. The standard InChI is InChI=1S/C20H15ClO7S2/c1-28-20(25)14-6-5-11(7-16(14)22)10-30(26,27)17-9-15(18(21)29-17)12-3-2-4-13(8-12)19(23)24/h2-9,22H,10H2,1H3,(H,23,24). The van der Waals surface area contributed by atoms with E-state index in [2.05, 4.69) is 4.74 Å². The topological polar surface area (TPSA) is 118 Å². The smallest absolute Gasteiger partial charge is 0.341 e. The van der Waals surface area contributed by atoms with Crippen molar-refractivity contribution in [2.75, 3.05) is 7.11 Å². The fourth-order valence-electron chi connectivity index (χ4n) is 2.76. The fourth-order valence-corrected chi connectivity index (χ4v) is 5.94. The number of esters is 1. The average Bonchev–Trinajstić information content (AvgIpc) is 3.10. The van der Waals surface area contributed by atoms with E-state index in [1.807, 2.05) is 0 Å². The average molecular weight is 467 g/mol. The molecule has 0 amide bonds. The van der Waals surface area contributed by atoms with Crippen molar-refractivity contribution in [3.63, 3.8) is 0 Å². The molecular formula is C20H15ClO7S2. The number of carboxylic acid groups (broad SMARTS) is 1. The second-order valence-corrected chi connectivity index (χ2v) is 10.1. The molecule has 0 bridgehead atoms. The molecule has 0 aliphatic heterocycles. The summed E-state index contributed by atoms with van der Waals surface area (Å²) in [4.78, 5) is 22.7. The molecule has 0 unspecified atom stereocenters. The number of aromatic hydroxyl groups is 1. The summed E-state index contributed by atoms with van der Waals surface area (Å²) in [6.07, 6.45) is 0. The van der Waals surface area contributed by atoms with Gasteiger partial charge in [-0.3, -0.25) is 0 Å². The van der Waals surface area contributed by atoms with Gasteiger partial charge in [-0.1, -0.05) is 29.8 Å². The van der Waals surface area contributed by atoms with Crippen molar-refractivity contribution < 1.29 is 33.0 Å². The Balaban J connectivity index is 1.92. The van der Waals surface area contributed by atoms with E-state index in [0.717, 1.165) is 11.3 Å². The van der Waals surface area contributed by atoms with E-state index in [-0.39, 0.29) is 31.0 Å². The molecule has 7 nitrogen and oxygen atoms in total. The van der Waals surface area contributed by atoms with Crippen molar-refractivity contribution in [3.8, 4) is 16.9 Å². The van der Waals surface area contributed by atoms with Gasteiger partial charge in [-0.2, -0.15) is 0 Å². The van der Waals surface area contributed by atoms with Crippen molar-refractivity contribution in [2.45, 2.75) is 9.96 Å². The molecule has 0 radical (unpaired) electrons. The van der Waals surface area contributed by atoms with E-state index in [4.69, 9.17) is 16.7 Å². The Hall–Kier alpha value is -2.88. The SMILES string of the molecule is COC(=O)c1ccc(CS(=O)(=O)c2cc(-c3cccc(C(=O)O)c3)c(Cl)s2)cc1O. The number of sulfone groups is 1. The van der Waals surface area contributed by atoms with Crippen LogP contribution < -0.4 is 0 Å². The molecule has 0 spiro atoms. The molecule has 0 aliphatic carbocycles. The number of ether oxygens (including phenoxy) is 1. The van der Waals surface area contributed by atoms with Crippen LogP contribution in [0, 0.1) is 0 Å². The van der Waals surface area contributed by atoms with Gasteiger partial charge in [0, 0.05) is 5.56 Å². The Kier molecular flexibility index (Phi) is 6.16. The third kappa shape index (κ3) is 4.48. The van der Waals surface area contributed by atoms with E-state index < -0.39 is 27.5 Å². The first-order valence-electron chi connectivity index (χ1n) is 8.38. The summed E-state index contributed by atoms with van der Waals surface area (Å²) in [6, 6.07) is 11.3. The van der Waals surface area contributed by atoms with Crippen LogP contribution >= 0.6 is 22.9 Å². The van der Waals surface area contributed by atoms with Crippen molar-refractivity contribution in [1.29, 1.82) is 0 Å². The van der Waals surface area contributed by atoms with E-state index >= 15 is 0 Å². The molecule has 0 saturated carbocycles. The third-order valence-corrected chi connectivity index (χ3v) is 7.82.